The van der Waals surface area contributed by atoms with E-state index in [1.54, 1.807) is 0 Å². The minimum absolute atomic E-state index is 0.115. The van der Waals surface area contributed by atoms with Crippen molar-refractivity contribution < 1.29 is 9.90 Å². The van der Waals surface area contributed by atoms with Gasteiger partial charge in [-0.2, -0.15) is 0 Å². The molecule has 3 nitrogen and oxygen atoms in total. The lowest BCUT2D eigenvalue weighted by Crippen LogP contribution is -2.45. The largest absolute Gasteiger partial charge is 0.388 e. The minimum Gasteiger partial charge on any atom is -0.388 e. The molecule has 0 atom stereocenters. The molecule has 0 bridgehead atoms. The van der Waals surface area contributed by atoms with Crippen molar-refractivity contribution >= 4 is 21.8 Å². The smallest absolute Gasteiger partial charge is 0.251 e. The van der Waals surface area contributed by atoms with Crippen LogP contribution in [-0.4, -0.2) is 23.2 Å². The third kappa shape index (κ3) is 3.61. The van der Waals surface area contributed by atoms with Gasteiger partial charge in [-0.25, -0.2) is 0 Å². The maximum Gasteiger partial charge on any atom is 0.251 e. The second kappa shape index (κ2) is 6.27. The van der Waals surface area contributed by atoms with Crippen molar-refractivity contribution in [3.8, 4) is 0 Å². The summed E-state index contributed by atoms with van der Waals surface area (Å²) in [6, 6.07) is 5.58. The van der Waals surface area contributed by atoms with Crippen LogP contribution in [0.2, 0.25) is 0 Å². The van der Waals surface area contributed by atoms with Gasteiger partial charge in [0, 0.05) is 16.6 Å². The zero-order chi connectivity index (χ0) is 14.8. The fourth-order valence-corrected chi connectivity index (χ4v) is 3.04. The summed E-state index contributed by atoms with van der Waals surface area (Å²) in [5.74, 6) is 0.564. The highest BCUT2D eigenvalue weighted by Gasteiger charge is 2.32. The third-order valence-electron chi connectivity index (χ3n) is 4.30. The molecule has 0 heterocycles. The summed E-state index contributed by atoms with van der Waals surface area (Å²) in [6.45, 7) is 4.46. The van der Waals surface area contributed by atoms with Crippen LogP contribution in [-0.2, 0) is 0 Å². The number of hydrogen-bond acceptors (Lipinski definition) is 2. The van der Waals surface area contributed by atoms with Gasteiger partial charge in [0.05, 0.1) is 5.60 Å². The molecule has 1 amide bonds. The first-order chi connectivity index (χ1) is 9.41. The van der Waals surface area contributed by atoms with E-state index < -0.39 is 5.60 Å². The summed E-state index contributed by atoms with van der Waals surface area (Å²) in [5, 5.41) is 13.4. The molecule has 0 aliphatic heterocycles. The monoisotopic (exact) mass is 339 g/mol. The number of aliphatic hydroxyl groups is 1. The SMILES string of the molecule is Cc1c(Br)cccc1C(=O)NCC1(O)CCC(C)CC1. The van der Waals surface area contributed by atoms with Crippen molar-refractivity contribution in [3.63, 3.8) is 0 Å². The fourth-order valence-electron chi connectivity index (χ4n) is 2.67. The minimum atomic E-state index is -0.734. The van der Waals surface area contributed by atoms with Crippen molar-refractivity contribution in [2.45, 2.75) is 45.1 Å². The maximum absolute atomic E-state index is 12.2. The second-order valence-corrected chi connectivity index (χ2v) is 6.86. The average Bonchev–Trinajstić information content (AvgIpc) is 2.43. The quantitative estimate of drug-likeness (QED) is 0.886. The molecule has 0 unspecified atom stereocenters. The third-order valence-corrected chi connectivity index (χ3v) is 5.15. The molecule has 0 radical (unpaired) electrons. The van der Waals surface area contributed by atoms with E-state index in [1.165, 1.54) is 0 Å². The highest BCUT2D eigenvalue weighted by atomic mass is 79.9. The highest BCUT2D eigenvalue weighted by Crippen LogP contribution is 2.31. The Labute approximate surface area is 128 Å². The van der Waals surface area contributed by atoms with Crippen molar-refractivity contribution in [1.82, 2.24) is 5.32 Å². The molecule has 0 aromatic heterocycles. The van der Waals surface area contributed by atoms with Gasteiger partial charge in [0.25, 0.3) is 5.91 Å². The molecule has 2 N–H and O–H groups in total. The topological polar surface area (TPSA) is 49.3 Å². The Balaban J connectivity index is 1.97. The lowest BCUT2D eigenvalue weighted by Gasteiger charge is -2.35. The molecule has 1 aromatic carbocycles. The van der Waals surface area contributed by atoms with Crippen LogP contribution in [0.15, 0.2) is 22.7 Å². The summed E-state index contributed by atoms with van der Waals surface area (Å²) in [4.78, 5) is 12.2. The van der Waals surface area contributed by atoms with Crippen LogP contribution in [0.25, 0.3) is 0 Å². The molecular weight excluding hydrogens is 318 g/mol. The Kier molecular flexibility index (Phi) is 4.86. The molecule has 2 rings (SSSR count). The first kappa shape index (κ1) is 15.5. The van der Waals surface area contributed by atoms with E-state index in [0.717, 1.165) is 35.7 Å². The Morgan fingerprint density at radius 1 is 1.45 bits per heavy atom. The number of carbonyl (C=O) groups excluding carboxylic acids is 1. The van der Waals surface area contributed by atoms with Gasteiger partial charge in [-0.05, 0) is 56.2 Å². The molecule has 0 spiro atoms. The standard InChI is InChI=1S/C16H22BrNO2/c1-11-6-8-16(20,9-7-11)10-18-15(19)13-4-3-5-14(17)12(13)2/h3-5,11,20H,6-10H2,1-2H3,(H,18,19). The molecular formula is C16H22BrNO2. The number of benzene rings is 1. The van der Waals surface area contributed by atoms with Crippen LogP contribution in [0.1, 0.15) is 48.5 Å². The maximum atomic E-state index is 12.2. The van der Waals surface area contributed by atoms with E-state index in [-0.39, 0.29) is 5.91 Å². The van der Waals surface area contributed by atoms with Crippen molar-refractivity contribution in [2.24, 2.45) is 5.92 Å². The van der Waals surface area contributed by atoms with E-state index in [1.807, 2.05) is 25.1 Å². The molecule has 0 saturated heterocycles. The number of halogens is 1. The van der Waals surface area contributed by atoms with Gasteiger partial charge in [-0.1, -0.05) is 28.9 Å². The summed E-state index contributed by atoms with van der Waals surface area (Å²) < 4.78 is 0.926. The van der Waals surface area contributed by atoms with Gasteiger partial charge < -0.3 is 10.4 Å². The van der Waals surface area contributed by atoms with Crippen LogP contribution in [0.4, 0.5) is 0 Å². The van der Waals surface area contributed by atoms with Crippen LogP contribution < -0.4 is 5.32 Å². The fraction of sp³-hybridized carbons (Fsp3) is 0.562. The van der Waals surface area contributed by atoms with Gasteiger partial charge in [0.15, 0.2) is 0 Å². The number of hydrogen-bond donors (Lipinski definition) is 2. The Morgan fingerprint density at radius 3 is 2.75 bits per heavy atom. The molecule has 4 heteroatoms. The second-order valence-electron chi connectivity index (χ2n) is 6.00. The average molecular weight is 340 g/mol. The van der Waals surface area contributed by atoms with E-state index in [4.69, 9.17) is 0 Å². The molecule has 1 fully saturated rings. The first-order valence-electron chi connectivity index (χ1n) is 7.17. The van der Waals surface area contributed by atoms with Gasteiger partial charge in [-0.3, -0.25) is 4.79 Å². The van der Waals surface area contributed by atoms with E-state index in [9.17, 15) is 9.90 Å². The molecule has 1 aromatic rings. The summed E-state index contributed by atoms with van der Waals surface area (Å²) in [5.41, 5.74) is 0.851. The number of nitrogens with one attached hydrogen (secondary N) is 1. The number of rotatable bonds is 3. The van der Waals surface area contributed by atoms with Crippen LogP contribution >= 0.6 is 15.9 Å². The Hall–Kier alpha value is -0.870. The number of amides is 1. The van der Waals surface area contributed by atoms with E-state index in [2.05, 4.69) is 28.2 Å². The predicted molar refractivity (Wildman–Crippen MR) is 83.8 cm³/mol. The zero-order valence-electron chi connectivity index (χ0n) is 12.1. The summed E-state index contributed by atoms with van der Waals surface area (Å²) >= 11 is 3.43. The molecule has 110 valence electrons. The van der Waals surface area contributed by atoms with Crippen LogP contribution in [0, 0.1) is 12.8 Å². The lowest BCUT2D eigenvalue weighted by molar-refractivity contribution is -0.00540. The van der Waals surface area contributed by atoms with Gasteiger partial charge in [-0.15, -0.1) is 0 Å². The summed E-state index contributed by atoms with van der Waals surface area (Å²) in [7, 11) is 0. The van der Waals surface area contributed by atoms with Gasteiger partial charge in [0.2, 0.25) is 0 Å². The summed E-state index contributed by atoms with van der Waals surface area (Å²) in [6.07, 6.45) is 3.60. The Morgan fingerprint density at radius 2 is 2.10 bits per heavy atom. The lowest BCUT2D eigenvalue weighted by atomic mass is 9.79. The van der Waals surface area contributed by atoms with Crippen LogP contribution in [0.5, 0.6) is 0 Å². The first-order valence-corrected chi connectivity index (χ1v) is 7.96. The Bertz CT molecular complexity index is 493. The molecule has 1 aliphatic carbocycles. The van der Waals surface area contributed by atoms with Crippen molar-refractivity contribution in [2.75, 3.05) is 6.54 Å². The number of carbonyl (C=O) groups is 1. The van der Waals surface area contributed by atoms with E-state index >= 15 is 0 Å². The van der Waals surface area contributed by atoms with Gasteiger partial charge >= 0.3 is 0 Å². The zero-order valence-corrected chi connectivity index (χ0v) is 13.7. The molecule has 1 aliphatic rings. The van der Waals surface area contributed by atoms with Crippen molar-refractivity contribution in [3.05, 3.63) is 33.8 Å². The highest BCUT2D eigenvalue weighted by molar-refractivity contribution is 9.10. The van der Waals surface area contributed by atoms with Gasteiger partial charge in [0.1, 0.15) is 0 Å². The normalized spacial score (nSPS) is 26.3. The van der Waals surface area contributed by atoms with Crippen LogP contribution in [0.3, 0.4) is 0 Å². The van der Waals surface area contributed by atoms with Crippen molar-refractivity contribution in [1.29, 1.82) is 0 Å². The molecule has 20 heavy (non-hydrogen) atoms. The molecule has 1 saturated carbocycles. The predicted octanol–water partition coefficient (Wildman–Crippen LogP) is 3.43. The van der Waals surface area contributed by atoms with E-state index in [0.29, 0.717) is 18.0 Å².